The Hall–Kier alpha value is -3.10. The molecule has 144 valence electrons. The predicted molar refractivity (Wildman–Crippen MR) is 98.1 cm³/mol. The summed E-state index contributed by atoms with van der Waals surface area (Å²) in [7, 11) is 1.29. The summed E-state index contributed by atoms with van der Waals surface area (Å²) in [6.45, 7) is 1.66. The van der Waals surface area contributed by atoms with Crippen LogP contribution in [0.15, 0.2) is 35.3 Å². The molecule has 9 heteroatoms. The van der Waals surface area contributed by atoms with Gasteiger partial charge in [0.2, 0.25) is 5.91 Å². The first-order valence-electron chi connectivity index (χ1n) is 8.84. The lowest BCUT2D eigenvalue weighted by molar-refractivity contribution is -0.150. The maximum atomic E-state index is 12.6. The second-order valence-corrected chi connectivity index (χ2v) is 6.37. The lowest BCUT2D eigenvalue weighted by Gasteiger charge is -2.22. The van der Waals surface area contributed by atoms with Crippen LogP contribution in [-0.2, 0) is 14.3 Å². The molecule has 3 N–H and O–H groups in total. The fourth-order valence-electron chi connectivity index (χ4n) is 3.21. The Balaban J connectivity index is 1.62. The van der Waals surface area contributed by atoms with Crippen LogP contribution in [0, 0.1) is 0 Å². The highest BCUT2D eigenvalue weighted by molar-refractivity contribution is 5.95. The maximum absolute atomic E-state index is 12.6. The molecule has 1 aromatic carbocycles. The summed E-state index contributed by atoms with van der Waals surface area (Å²) in [5, 5.41) is 8.83. The van der Waals surface area contributed by atoms with Gasteiger partial charge in [0.15, 0.2) is 5.96 Å². The van der Waals surface area contributed by atoms with Crippen molar-refractivity contribution in [3.63, 3.8) is 0 Å². The van der Waals surface area contributed by atoms with Crippen LogP contribution < -0.4 is 16.0 Å². The predicted octanol–water partition coefficient (Wildman–Crippen LogP) is -0.892. The van der Waals surface area contributed by atoms with Crippen LogP contribution in [0.5, 0.6) is 0 Å². The number of carbonyl (C=O) groups excluding carboxylic acids is 3. The highest BCUT2D eigenvalue weighted by Gasteiger charge is 2.40. The number of carbonyl (C=O) groups is 3. The van der Waals surface area contributed by atoms with E-state index < -0.39 is 12.0 Å². The fourth-order valence-corrected chi connectivity index (χ4v) is 3.21. The molecule has 2 aliphatic rings. The number of nitrogens with one attached hydrogen (secondary N) is 3. The zero-order chi connectivity index (χ0) is 19.2. The van der Waals surface area contributed by atoms with Gasteiger partial charge in [-0.15, -0.1) is 0 Å². The second kappa shape index (κ2) is 8.52. The van der Waals surface area contributed by atoms with Gasteiger partial charge >= 0.3 is 5.97 Å². The number of nitrogens with zero attached hydrogens (tertiary/aromatic N) is 2. The van der Waals surface area contributed by atoms with Crippen molar-refractivity contribution in [1.82, 2.24) is 20.9 Å². The molecule has 0 spiro atoms. The summed E-state index contributed by atoms with van der Waals surface area (Å²) in [5.41, 5.74) is 0.531. The summed E-state index contributed by atoms with van der Waals surface area (Å²) in [6.07, 6.45) is 0.316. The topological polar surface area (TPSA) is 112 Å². The van der Waals surface area contributed by atoms with E-state index in [0.29, 0.717) is 24.5 Å². The molecule has 2 aliphatic heterocycles. The van der Waals surface area contributed by atoms with Gasteiger partial charge in [0.25, 0.3) is 5.91 Å². The van der Waals surface area contributed by atoms with Crippen molar-refractivity contribution < 1.29 is 19.1 Å². The number of hydrogen-bond acceptors (Lipinski definition) is 7. The van der Waals surface area contributed by atoms with E-state index in [0.717, 1.165) is 6.54 Å². The van der Waals surface area contributed by atoms with Crippen LogP contribution in [0.1, 0.15) is 16.8 Å². The summed E-state index contributed by atoms with van der Waals surface area (Å²) in [6, 6.07) is 7.77. The van der Waals surface area contributed by atoms with Gasteiger partial charge in [-0.1, -0.05) is 18.2 Å². The second-order valence-electron chi connectivity index (χ2n) is 6.37. The molecule has 1 fully saturated rings. The molecule has 2 amide bonds. The number of benzene rings is 1. The average Bonchev–Trinajstić information content (AvgIpc) is 3.36. The lowest BCUT2D eigenvalue weighted by atomic mass is 10.1. The zero-order valence-corrected chi connectivity index (χ0v) is 15.1. The van der Waals surface area contributed by atoms with E-state index in [9.17, 15) is 14.4 Å². The number of aliphatic imine (C=N–C) groups is 1. The summed E-state index contributed by atoms with van der Waals surface area (Å²) < 4.78 is 4.83. The Kier molecular flexibility index (Phi) is 5.90. The molecule has 0 aliphatic carbocycles. The maximum Gasteiger partial charge on any atom is 0.328 e. The number of likely N-dealkylation sites (tertiary alicyclic amines) is 1. The average molecular weight is 373 g/mol. The molecule has 2 atom stereocenters. The number of rotatable bonds is 5. The number of guanidine groups is 1. The summed E-state index contributed by atoms with van der Waals surface area (Å²) in [5.74, 6) is -0.401. The van der Waals surface area contributed by atoms with Crippen LogP contribution in [0.4, 0.5) is 0 Å². The fraction of sp³-hybridized carbons (Fsp3) is 0.444. The summed E-state index contributed by atoms with van der Waals surface area (Å²) in [4.78, 5) is 42.7. The first-order chi connectivity index (χ1) is 13.1. The molecule has 3 rings (SSSR count). The van der Waals surface area contributed by atoms with Crippen LogP contribution in [0.2, 0.25) is 0 Å². The van der Waals surface area contributed by atoms with Crippen LogP contribution in [0.25, 0.3) is 0 Å². The van der Waals surface area contributed by atoms with Gasteiger partial charge < -0.3 is 25.6 Å². The van der Waals surface area contributed by atoms with E-state index in [2.05, 4.69) is 20.9 Å². The van der Waals surface area contributed by atoms with E-state index in [1.54, 1.807) is 24.3 Å². The minimum atomic E-state index is -0.719. The molecule has 9 nitrogen and oxygen atoms in total. The monoisotopic (exact) mass is 373 g/mol. The van der Waals surface area contributed by atoms with Gasteiger partial charge in [0.1, 0.15) is 6.04 Å². The van der Waals surface area contributed by atoms with Crippen molar-refractivity contribution in [3.8, 4) is 0 Å². The molecule has 1 aromatic rings. The van der Waals surface area contributed by atoms with E-state index >= 15 is 0 Å². The highest BCUT2D eigenvalue weighted by atomic mass is 16.5. The van der Waals surface area contributed by atoms with Crippen molar-refractivity contribution in [2.75, 3.05) is 33.3 Å². The van der Waals surface area contributed by atoms with Gasteiger partial charge in [-0.05, 0) is 12.1 Å². The molecule has 0 radical (unpaired) electrons. The molecule has 0 unspecified atom stereocenters. The van der Waals surface area contributed by atoms with Crippen molar-refractivity contribution in [2.45, 2.75) is 18.5 Å². The van der Waals surface area contributed by atoms with Crippen molar-refractivity contribution in [1.29, 1.82) is 0 Å². The van der Waals surface area contributed by atoms with Gasteiger partial charge in [-0.2, -0.15) is 0 Å². The van der Waals surface area contributed by atoms with Crippen LogP contribution in [0.3, 0.4) is 0 Å². The standard InChI is InChI=1S/C18H23N5O4/c1-27-17(26)14-9-13(22-16(25)12-5-3-2-4-6-12)11-23(14)15(24)10-21-18-19-7-8-20-18/h2-6,13-14H,7-11H2,1H3,(H,22,25)(H2,19,20,21)/t13-,14+/m1/s1. The number of esters is 1. The molecule has 2 heterocycles. The normalized spacial score (nSPS) is 21.2. The molecule has 0 bridgehead atoms. The van der Waals surface area contributed by atoms with E-state index in [-0.39, 0.29) is 30.9 Å². The van der Waals surface area contributed by atoms with Gasteiger partial charge in [-0.3, -0.25) is 14.6 Å². The molecular weight excluding hydrogens is 350 g/mol. The minimum Gasteiger partial charge on any atom is -0.467 e. The smallest absolute Gasteiger partial charge is 0.328 e. The number of methoxy groups -OCH3 is 1. The van der Waals surface area contributed by atoms with Crippen molar-refractivity contribution in [2.24, 2.45) is 4.99 Å². The molecule has 0 aromatic heterocycles. The third-order valence-electron chi connectivity index (χ3n) is 4.55. The highest BCUT2D eigenvalue weighted by Crippen LogP contribution is 2.20. The first-order valence-corrected chi connectivity index (χ1v) is 8.84. The van der Waals surface area contributed by atoms with Crippen LogP contribution in [-0.4, -0.2) is 74.0 Å². The van der Waals surface area contributed by atoms with Crippen molar-refractivity contribution in [3.05, 3.63) is 35.9 Å². The first kappa shape index (κ1) is 18.7. The summed E-state index contributed by atoms with van der Waals surface area (Å²) >= 11 is 0. The SMILES string of the molecule is COC(=O)[C@@H]1C[C@@H](NC(=O)c2ccccc2)CN1C(=O)CNC1=NCCN1. The molecule has 1 saturated heterocycles. The number of hydrogen-bond donors (Lipinski definition) is 3. The van der Waals surface area contributed by atoms with Gasteiger partial charge in [0, 0.05) is 31.1 Å². The third kappa shape index (κ3) is 4.55. The largest absolute Gasteiger partial charge is 0.467 e. The lowest BCUT2D eigenvalue weighted by Crippen LogP contribution is -2.47. The Bertz CT molecular complexity index is 737. The Morgan fingerprint density at radius 2 is 2.07 bits per heavy atom. The Morgan fingerprint density at radius 3 is 2.74 bits per heavy atom. The number of ether oxygens (including phenoxy) is 1. The zero-order valence-electron chi connectivity index (χ0n) is 15.1. The number of amides is 2. The minimum absolute atomic E-state index is 0.0126. The van der Waals surface area contributed by atoms with Gasteiger partial charge in [0.05, 0.1) is 20.2 Å². The quantitative estimate of drug-likeness (QED) is 0.577. The van der Waals surface area contributed by atoms with Crippen LogP contribution >= 0.6 is 0 Å². The Labute approximate surface area is 157 Å². The Morgan fingerprint density at radius 1 is 1.30 bits per heavy atom. The van der Waals surface area contributed by atoms with E-state index in [1.807, 2.05) is 6.07 Å². The van der Waals surface area contributed by atoms with E-state index in [1.165, 1.54) is 12.0 Å². The third-order valence-corrected chi connectivity index (χ3v) is 4.55. The van der Waals surface area contributed by atoms with Crippen molar-refractivity contribution >= 4 is 23.7 Å². The molecule has 0 saturated carbocycles. The molecule has 27 heavy (non-hydrogen) atoms. The van der Waals surface area contributed by atoms with Gasteiger partial charge in [-0.25, -0.2) is 4.79 Å². The molecular formula is C18H23N5O4. The van der Waals surface area contributed by atoms with E-state index in [4.69, 9.17) is 4.74 Å².